The van der Waals surface area contributed by atoms with Crippen LogP contribution in [0.3, 0.4) is 0 Å². The van der Waals surface area contributed by atoms with E-state index in [1.165, 1.54) is 6.07 Å². The molecule has 0 unspecified atom stereocenters. The summed E-state index contributed by atoms with van der Waals surface area (Å²) in [5.41, 5.74) is 3.53. The van der Waals surface area contributed by atoms with Gasteiger partial charge in [-0.25, -0.2) is 13.6 Å². The molecule has 0 spiro atoms. The summed E-state index contributed by atoms with van der Waals surface area (Å²) in [6, 6.07) is 2.61. The van der Waals surface area contributed by atoms with Crippen molar-refractivity contribution >= 4 is 11.7 Å². The summed E-state index contributed by atoms with van der Waals surface area (Å²) in [5.74, 6) is -1.99. The van der Waals surface area contributed by atoms with Gasteiger partial charge in [0.1, 0.15) is 0 Å². The van der Waals surface area contributed by atoms with E-state index in [-0.39, 0.29) is 23.9 Å². The number of hydrogen-bond acceptors (Lipinski definition) is 3. The number of aromatic nitrogens is 1. The number of amides is 2. The molecule has 1 aromatic heterocycles. The number of carbonyl (C=O) groups excluding carboxylic acids is 1. The maximum Gasteiger partial charge on any atom is 0.322 e. The van der Waals surface area contributed by atoms with Gasteiger partial charge in [-0.2, -0.15) is 0 Å². The molecule has 1 aliphatic heterocycles. The fraction of sp³-hybridized carbons (Fsp3) is 0.400. The average Bonchev–Trinajstić information content (AvgIpc) is 2.70. The first-order valence-corrected chi connectivity index (χ1v) is 9.29. The highest BCUT2D eigenvalue weighted by Crippen LogP contribution is 2.37. The van der Waals surface area contributed by atoms with Crippen molar-refractivity contribution in [2.45, 2.75) is 38.3 Å². The number of benzene rings is 1. The molecule has 0 saturated heterocycles. The van der Waals surface area contributed by atoms with E-state index in [4.69, 9.17) is 4.74 Å². The van der Waals surface area contributed by atoms with Crippen molar-refractivity contribution in [3.63, 3.8) is 0 Å². The van der Waals surface area contributed by atoms with Crippen LogP contribution < -0.4 is 10.9 Å². The van der Waals surface area contributed by atoms with Crippen LogP contribution in [0, 0.1) is 11.6 Å². The second kappa shape index (κ2) is 7.35. The Morgan fingerprint density at radius 1 is 1.25 bits per heavy atom. The predicted molar refractivity (Wildman–Crippen MR) is 99.2 cm³/mol. The Hall–Kier alpha value is -2.74. The molecule has 2 N–H and O–H groups in total. The van der Waals surface area contributed by atoms with E-state index in [0.29, 0.717) is 18.6 Å². The first-order valence-electron chi connectivity index (χ1n) is 9.29. The number of anilines is 1. The lowest BCUT2D eigenvalue weighted by Gasteiger charge is -2.36. The number of rotatable bonds is 2. The lowest BCUT2D eigenvalue weighted by Crippen LogP contribution is -2.39. The van der Waals surface area contributed by atoms with Crippen LogP contribution in [0.15, 0.2) is 23.0 Å². The molecule has 28 heavy (non-hydrogen) atoms. The van der Waals surface area contributed by atoms with Crippen molar-refractivity contribution in [1.29, 1.82) is 0 Å². The molecule has 4 rings (SSSR count). The number of halogens is 2. The van der Waals surface area contributed by atoms with Crippen molar-refractivity contribution in [1.82, 2.24) is 9.88 Å². The van der Waals surface area contributed by atoms with Gasteiger partial charge in [-0.3, -0.25) is 4.79 Å². The predicted octanol–water partition coefficient (Wildman–Crippen LogP) is 3.27. The largest absolute Gasteiger partial charge is 0.376 e. The van der Waals surface area contributed by atoms with Crippen LogP contribution in [0.5, 0.6) is 0 Å². The third kappa shape index (κ3) is 3.28. The normalized spacial score (nSPS) is 18.2. The molecule has 1 aromatic carbocycles. The van der Waals surface area contributed by atoms with Crippen molar-refractivity contribution in [2.24, 2.45) is 0 Å². The van der Waals surface area contributed by atoms with Gasteiger partial charge >= 0.3 is 6.03 Å². The van der Waals surface area contributed by atoms with Crippen LogP contribution in [0.4, 0.5) is 19.3 Å². The minimum absolute atomic E-state index is 0.122. The summed E-state index contributed by atoms with van der Waals surface area (Å²) in [7, 11) is 1.67. The first kappa shape index (κ1) is 18.6. The zero-order chi connectivity index (χ0) is 19.8. The molecular formula is C20H21F2N3O3. The maximum atomic E-state index is 13.4. The molecule has 2 heterocycles. The quantitative estimate of drug-likeness (QED) is 0.828. The number of nitrogens with one attached hydrogen (secondary N) is 2. The van der Waals surface area contributed by atoms with Crippen molar-refractivity contribution < 1.29 is 18.3 Å². The van der Waals surface area contributed by atoms with Gasteiger partial charge in [0, 0.05) is 30.1 Å². The van der Waals surface area contributed by atoms with Gasteiger partial charge in [0.15, 0.2) is 11.6 Å². The summed E-state index contributed by atoms with van der Waals surface area (Å²) in [6.45, 7) is 0.815. The number of ether oxygens (including phenoxy) is 1. The zero-order valence-electron chi connectivity index (χ0n) is 15.5. The number of aromatic amines is 1. The fourth-order valence-electron chi connectivity index (χ4n) is 4.08. The van der Waals surface area contributed by atoms with Gasteiger partial charge in [0.25, 0.3) is 5.56 Å². The average molecular weight is 389 g/mol. The summed E-state index contributed by atoms with van der Waals surface area (Å²) in [4.78, 5) is 29.6. The number of nitrogens with zero attached hydrogens (tertiary/aromatic N) is 1. The Morgan fingerprint density at radius 2 is 2.07 bits per heavy atom. The topological polar surface area (TPSA) is 74.4 Å². The molecular weight excluding hydrogens is 368 g/mol. The van der Waals surface area contributed by atoms with Crippen LogP contribution in [0.25, 0.3) is 0 Å². The monoisotopic (exact) mass is 389 g/mol. The standard InChI is InChI=1S/C20H21F2N3O3/c1-25(20(27)23-11-5-6-14(21)15(22)9-11)17-4-2-3-16-18(17)12-7-8-28-10-13(12)19(26)24-16/h5-6,9,17H,2-4,7-8,10H2,1H3,(H,23,27)(H,24,26)/t17-/m1/s1. The highest BCUT2D eigenvalue weighted by atomic mass is 19.2. The van der Waals surface area contributed by atoms with Crippen molar-refractivity contribution in [2.75, 3.05) is 19.0 Å². The fourth-order valence-corrected chi connectivity index (χ4v) is 4.08. The lowest BCUT2D eigenvalue weighted by atomic mass is 9.84. The number of pyridine rings is 1. The Morgan fingerprint density at radius 3 is 2.86 bits per heavy atom. The van der Waals surface area contributed by atoms with Crippen LogP contribution in [0.1, 0.15) is 41.3 Å². The van der Waals surface area contributed by atoms with Crippen LogP contribution >= 0.6 is 0 Å². The molecule has 0 saturated carbocycles. The smallest absolute Gasteiger partial charge is 0.322 e. The van der Waals surface area contributed by atoms with Gasteiger partial charge < -0.3 is 19.9 Å². The van der Waals surface area contributed by atoms with Crippen molar-refractivity contribution in [3.05, 3.63) is 62.6 Å². The van der Waals surface area contributed by atoms with Gasteiger partial charge in [0.05, 0.1) is 19.3 Å². The van der Waals surface area contributed by atoms with Crippen LogP contribution in [-0.4, -0.2) is 29.6 Å². The molecule has 0 fully saturated rings. The number of H-pyrrole nitrogens is 1. The van der Waals surface area contributed by atoms with E-state index >= 15 is 0 Å². The van der Waals surface area contributed by atoms with Crippen LogP contribution in [-0.2, 0) is 24.2 Å². The number of fused-ring (bicyclic) bond motifs is 3. The molecule has 1 atom stereocenters. The third-order valence-corrected chi connectivity index (χ3v) is 5.49. The van der Waals surface area contributed by atoms with Gasteiger partial charge in [-0.15, -0.1) is 0 Å². The van der Waals surface area contributed by atoms with E-state index in [2.05, 4.69) is 10.3 Å². The zero-order valence-corrected chi connectivity index (χ0v) is 15.5. The molecule has 148 valence electrons. The maximum absolute atomic E-state index is 13.4. The number of aryl methyl sites for hydroxylation is 1. The number of urea groups is 1. The second-order valence-corrected chi connectivity index (χ2v) is 7.18. The molecule has 0 bridgehead atoms. The Balaban J connectivity index is 1.64. The minimum Gasteiger partial charge on any atom is -0.376 e. The number of carbonyl (C=O) groups is 1. The minimum atomic E-state index is -1.02. The SMILES string of the molecule is CN(C(=O)Nc1ccc(F)c(F)c1)[C@@H]1CCCc2[nH]c(=O)c3c(c21)CCOC3. The molecule has 8 heteroatoms. The third-order valence-electron chi connectivity index (χ3n) is 5.49. The summed E-state index contributed by atoms with van der Waals surface area (Å²) < 4.78 is 32.0. The first-order chi connectivity index (χ1) is 13.5. The Bertz CT molecular complexity index is 989. The molecule has 2 aliphatic rings. The van der Waals surface area contributed by atoms with Gasteiger partial charge in [0.2, 0.25) is 0 Å². The molecule has 6 nitrogen and oxygen atoms in total. The summed E-state index contributed by atoms with van der Waals surface area (Å²) >= 11 is 0. The molecule has 2 aromatic rings. The Labute approximate surface area is 160 Å². The molecule has 2 amide bonds. The summed E-state index contributed by atoms with van der Waals surface area (Å²) in [5, 5.41) is 2.61. The van der Waals surface area contributed by atoms with Crippen molar-refractivity contribution in [3.8, 4) is 0 Å². The van der Waals surface area contributed by atoms with Gasteiger partial charge in [-0.1, -0.05) is 0 Å². The van der Waals surface area contributed by atoms with E-state index in [9.17, 15) is 18.4 Å². The molecule has 1 aliphatic carbocycles. The van der Waals surface area contributed by atoms with E-state index in [1.807, 2.05) is 0 Å². The molecule has 0 radical (unpaired) electrons. The highest BCUT2D eigenvalue weighted by Gasteiger charge is 2.32. The van der Waals surface area contributed by atoms with E-state index in [1.54, 1.807) is 11.9 Å². The highest BCUT2D eigenvalue weighted by molar-refractivity contribution is 5.89. The number of hydrogen-bond donors (Lipinski definition) is 2. The lowest BCUT2D eigenvalue weighted by molar-refractivity contribution is 0.108. The second-order valence-electron chi connectivity index (χ2n) is 7.18. The van der Waals surface area contributed by atoms with Gasteiger partial charge in [-0.05, 0) is 48.9 Å². The van der Waals surface area contributed by atoms with E-state index in [0.717, 1.165) is 48.2 Å². The van der Waals surface area contributed by atoms with E-state index < -0.39 is 17.7 Å². The summed E-state index contributed by atoms with van der Waals surface area (Å²) in [6.07, 6.45) is 2.99. The Kier molecular flexibility index (Phi) is 4.89. The van der Waals surface area contributed by atoms with Crippen LogP contribution in [0.2, 0.25) is 0 Å².